The first-order valence-corrected chi connectivity index (χ1v) is 7.36. The van der Waals surface area contributed by atoms with Crippen molar-refractivity contribution < 1.29 is 18.8 Å². The quantitative estimate of drug-likeness (QED) is 0.871. The van der Waals surface area contributed by atoms with Gasteiger partial charge in [-0.3, -0.25) is 14.4 Å². The van der Waals surface area contributed by atoms with Gasteiger partial charge in [0.15, 0.2) is 23.1 Å². The first-order valence-electron chi connectivity index (χ1n) is 7.36. The molecule has 0 saturated carbocycles. The average Bonchev–Trinajstić information content (AvgIpc) is 2.99. The fourth-order valence-corrected chi connectivity index (χ4v) is 2.40. The number of furan rings is 1. The van der Waals surface area contributed by atoms with Crippen molar-refractivity contribution in [2.75, 3.05) is 24.3 Å². The molecule has 1 heterocycles. The molecule has 0 radical (unpaired) electrons. The number of anilines is 2. The van der Waals surface area contributed by atoms with E-state index in [-0.39, 0.29) is 34.3 Å². The monoisotopic (exact) mass is 324 g/mol. The maximum absolute atomic E-state index is 12.5. The zero-order chi connectivity index (χ0) is 17.4. The van der Waals surface area contributed by atoms with E-state index in [9.17, 15) is 14.4 Å². The number of allylic oxidation sites excluding steroid dienone is 2. The minimum Gasteiger partial charge on any atom is -0.449 e. The number of carbonyl (C=O) groups is 3. The minimum absolute atomic E-state index is 0.00619. The molecule has 0 spiro atoms. The molecule has 0 aliphatic heterocycles. The van der Waals surface area contributed by atoms with Gasteiger partial charge in [0, 0.05) is 38.5 Å². The largest absolute Gasteiger partial charge is 0.449 e. The third kappa shape index (κ3) is 2.74. The van der Waals surface area contributed by atoms with Gasteiger partial charge in [-0.25, -0.2) is 0 Å². The number of hydrogen-bond donors (Lipinski definition) is 1. The van der Waals surface area contributed by atoms with Crippen molar-refractivity contribution in [1.82, 2.24) is 0 Å². The van der Waals surface area contributed by atoms with Gasteiger partial charge in [-0.15, -0.1) is 0 Å². The smallest absolute Gasteiger partial charge is 0.245 e. The summed E-state index contributed by atoms with van der Waals surface area (Å²) in [4.78, 5) is 38.0. The summed E-state index contributed by atoms with van der Waals surface area (Å²) in [6.45, 7) is 1.32. The topological polar surface area (TPSA) is 79.6 Å². The van der Waals surface area contributed by atoms with Gasteiger partial charge in [0.25, 0.3) is 0 Å². The molecule has 122 valence electrons. The fourth-order valence-electron chi connectivity index (χ4n) is 2.40. The normalized spacial score (nSPS) is 13.4. The van der Waals surface area contributed by atoms with Crippen LogP contribution in [0.5, 0.6) is 0 Å². The second kappa shape index (κ2) is 5.81. The number of Topliss-reactive ketones (excluding diaryl/α,β-unsaturated/α-hetero) is 2. The van der Waals surface area contributed by atoms with E-state index in [0.29, 0.717) is 5.69 Å². The van der Waals surface area contributed by atoms with Crippen LogP contribution in [0.2, 0.25) is 0 Å². The Kier molecular flexibility index (Phi) is 3.81. The van der Waals surface area contributed by atoms with Crippen molar-refractivity contribution in [2.45, 2.75) is 6.92 Å². The molecule has 2 aromatic rings. The number of hydrogen-bond acceptors (Lipinski definition) is 6. The van der Waals surface area contributed by atoms with E-state index in [2.05, 4.69) is 5.32 Å². The highest BCUT2D eigenvalue weighted by Gasteiger charge is 2.31. The Morgan fingerprint density at radius 1 is 1.12 bits per heavy atom. The van der Waals surface area contributed by atoms with Crippen LogP contribution in [-0.4, -0.2) is 31.4 Å². The van der Waals surface area contributed by atoms with Gasteiger partial charge in [0.05, 0.1) is 11.3 Å². The lowest BCUT2D eigenvalue weighted by Crippen LogP contribution is -2.20. The van der Waals surface area contributed by atoms with Gasteiger partial charge >= 0.3 is 0 Å². The average molecular weight is 324 g/mol. The highest BCUT2D eigenvalue weighted by molar-refractivity contribution is 6.24. The maximum atomic E-state index is 12.5. The van der Waals surface area contributed by atoms with Crippen molar-refractivity contribution in [3.8, 4) is 0 Å². The van der Waals surface area contributed by atoms with Gasteiger partial charge in [-0.1, -0.05) is 0 Å². The lowest BCUT2D eigenvalue weighted by molar-refractivity contribution is 0.0950. The molecule has 0 saturated heterocycles. The first-order chi connectivity index (χ1) is 11.4. The van der Waals surface area contributed by atoms with Crippen LogP contribution < -0.4 is 10.2 Å². The number of benzene rings is 1. The molecular formula is C18H16N2O4. The number of rotatable bonds is 4. The molecule has 3 rings (SSSR count). The molecule has 1 aromatic carbocycles. The van der Waals surface area contributed by atoms with E-state index in [0.717, 1.165) is 5.69 Å². The summed E-state index contributed by atoms with van der Waals surface area (Å²) in [6, 6.07) is 8.73. The Morgan fingerprint density at radius 3 is 2.38 bits per heavy atom. The standard InChI is InChI=1S/C18H16N2O4/c1-10(21)16-8-13-15(22)9-14(17(23)18(13)24-16)19-11-4-6-12(7-5-11)20(2)3/h4-9,19H,1-3H3. The van der Waals surface area contributed by atoms with Crippen LogP contribution in [0.25, 0.3) is 0 Å². The zero-order valence-electron chi connectivity index (χ0n) is 13.5. The van der Waals surface area contributed by atoms with Crippen LogP contribution in [-0.2, 0) is 0 Å². The molecule has 1 N–H and O–H groups in total. The van der Waals surface area contributed by atoms with Crippen LogP contribution in [0.15, 0.2) is 46.5 Å². The third-order valence-corrected chi connectivity index (χ3v) is 3.73. The lowest BCUT2D eigenvalue weighted by Gasteiger charge is -2.15. The third-order valence-electron chi connectivity index (χ3n) is 3.73. The van der Waals surface area contributed by atoms with Crippen LogP contribution in [0, 0.1) is 0 Å². The number of ketones is 3. The first kappa shape index (κ1) is 15.7. The van der Waals surface area contributed by atoms with Crippen molar-refractivity contribution in [1.29, 1.82) is 0 Å². The molecule has 0 unspecified atom stereocenters. The fraction of sp³-hybridized carbons (Fsp3) is 0.167. The van der Waals surface area contributed by atoms with Crippen LogP contribution in [0.3, 0.4) is 0 Å². The lowest BCUT2D eigenvalue weighted by atomic mass is 9.99. The molecule has 0 amide bonds. The molecule has 6 heteroatoms. The van der Waals surface area contributed by atoms with Gasteiger partial charge in [0.1, 0.15) is 0 Å². The van der Waals surface area contributed by atoms with Gasteiger partial charge < -0.3 is 14.6 Å². The summed E-state index contributed by atoms with van der Waals surface area (Å²) in [7, 11) is 3.86. The van der Waals surface area contributed by atoms with E-state index >= 15 is 0 Å². The summed E-state index contributed by atoms with van der Waals surface area (Å²) in [5.74, 6) is -1.24. The highest BCUT2D eigenvalue weighted by atomic mass is 16.4. The predicted octanol–water partition coefficient (Wildman–Crippen LogP) is 2.92. The zero-order valence-corrected chi connectivity index (χ0v) is 13.5. The van der Waals surface area contributed by atoms with Crippen molar-refractivity contribution >= 4 is 28.7 Å². The molecular weight excluding hydrogens is 308 g/mol. The van der Waals surface area contributed by atoms with Crippen LogP contribution in [0.1, 0.15) is 38.4 Å². The Bertz CT molecular complexity index is 873. The van der Waals surface area contributed by atoms with Crippen molar-refractivity contribution in [3.05, 3.63) is 59.2 Å². The molecule has 0 bridgehead atoms. The summed E-state index contributed by atoms with van der Waals surface area (Å²) >= 11 is 0. The molecule has 1 aromatic heterocycles. The van der Waals surface area contributed by atoms with Gasteiger partial charge in [-0.05, 0) is 30.3 Å². The second-order valence-corrected chi connectivity index (χ2v) is 5.73. The second-order valence-electron chi connectivity index (χ2n) is 5.73. The Hall–Kier alpha value is -3.15. The van der Waals surface area contributed by atoms with Gasteiger partial charge in [-0.2, -0.15) is 0 Å². The summed E-state index contributed by atoms with van der Waals surface area (Å²) < 4.78 is 5.26. The van der Waals surface area contributed by atoms with Crippen LogP contribution in [0.4, 0.5) is 11.4 Å². The molecule has 1 aliphatic carbocycles. The van der Waals surface area contributed by atoms with Crippen molar-refractivity contribution in [2.24, 2.45) is 0 Å². The summed E-state index contributed by atoms with van der Waals surface area (Å²) in [5, 5.41) is 2.93. The summed E-state index contributed by atoms with van der Waals surface area (Å²) in [5.41, 5.74) is 1.93. The van der Waals surface area contributed by atoms with E-state index < -0.39 is 5.78 Å². The number of fused-ring (bicyclic) bond motifs is 1. The van der Waals surface area contributed by atoms with E-state index in [1.165, 1.54) is 19.1 Å². The molecule has 0 atom stereocenters. The Morgan fingerprint density at radius 2 is 1.79 bits per heavy atom. The number of nitrogens with one attached hydrogen (secondary N) is 1. The Labute approximate surface area is 138 Å². The van der Waals surface area contributed by atoms with E-state index in [4.69, 9.17) is 4.42 Å². The predicted molar refractivity (Wildman–Crippen MR) is 89.8 cm³/mol. The van der Waals surface area contributed by atoms with Gasteiger partial charge in [0.2, 0.25) is 5.78 Å². The highest BCUT2D eigenvalue weighted by Crippen LogP contribution is 2.26. The molecule has 0 fully saturated rings. The van der Waals surface area contributed by atoms with E-state index in [1.807, 2.05) is 43.3 Å². The number of carbonyl (C=O) groups excluding carboxylic acids is 3. The van der Waals surface area contributed by atoms with Crippen molar-refractivity contribution in [3.63, 3.8) is 0 Å². The molecule has 24 heavy (non-hydrogen) atoms. The minimum atomic E-state index is -0.450. The molecule has 6 nitrogen and oxygen atoms in total. The Balaban J connectivity index is 1.88. The van der Waals surface area contributed by atoms with Crippen LogP contribution >= 0.6 is 0 Å². The number of nitrogens with zero attached hydrogens (tertiary/aromatic N) is 1. The maximum Gasteiger partial charge on any atom is 0.245 e. The SMILES string of the molecule is CC(=O)c1cc2c(o1)C(=O)C(Nc1ccc(N(C)C)cc1)=CC2=O. The molecule has 1 aliphatic rings. The van der Waals surface area contributed by atoms with E-state index in [1.54, 1.807) is 0 Å². The summed E-state index contributed by atoms with van der Waals surface area (Å²) in [6.07, 6.45) is 1.23.